The Labute approximate surface area is 277 Å². The van der Waals surface area contributed by atoms with Crippen molar-refractivity contribution in [3.8, 4) is 16.9 Å². The molecule has 6 N–H and O–H groups in total. The standard InChI is InChI=1S/C38H47N3O6/c42-20-18-33-25-32(16-17-36(33)43)37(44)27-39-19-6-1-2-7-21-46-22-23-47-28-29-10-8-14-34(24-29)40-38(45)41-35-15-9-13-31(26-35)30-11-4-3-5-12-30/h3-5,8-17,24-26,37,39,42-44H,1-2,6-7,18-23,27-28H2,(H2,40,41,45)/t37-/m0/s1. The number of hydrogen-bond acceptors (Lipinski definition) is 7. The maximum atomic E-state index is 12.6. The van der Waals surface area contributed by atoms with E-state index in [1.54, 1.807) is 18.2 Å². The van der Waals surface area contributed by atoms with E-state index in [2.05, 4.69) is 16.0 Å². The van der Waals surface area contributed by atoms with Gasteiger partial charge in [0.15, 0.2) is 0 Å². The second-order valence-corrected chi connectivity index (χ2v) is 11.4. The third kappa shape index (κ3) is 12.8. The normalized spacial score (nSPS) is 11.7. The fourth-order valence-electron chi connectivity index (χ4n) is 5.15. The Morgan fingerprint density at radius 1 is 0.723 bits per heavy atom. The molecule has 4 aromatic carbocycles. The van der Waals surface area contributed by atoms with Gasteiger partial charge in [0.05, 0.1) is 25.9 Å². The lowest BCUT2D eigenvalue weighted by Crippen LogP contribution is -2.22. The fraction of sp³-hybridized carbons (Fsp3) is 0.342. The van der Waals surface area contributed by atoms with E-state index in [9.17, 15) is 15.0 Å². The number of aliphatic hydroxyl groups excluding tert-OH is 2. The molecule has 0 saturated heterocycles. The first-order valence-electron chi connectivity index (χ1n) is 16.3. The molecular formula is C38H47N3O6. The Bertz CT molecular complexity index is 1500. The smallest absolute Gasteiger partial charge is 0.323 e. The van der Waals surface area contributed by atoms with Crippen molar-refractivity contribution >= 4 is 17.4 Å². The molecule has 0 aliphatic rings. The molecule has 0 spiro atoms. The van der Waals surface area contributed by atoms with Crippen molar-refractivity contribution in [3.05, 3.63) is 114 Å². The molecule has 0 saturated carbocycles. The Kier molecular flexibility index (Phi) is 15.2. The molecule has 250 valence electrons. The van der Waals surface area contributed by atoms with Crippen LogP contribution in [0.4, 0.5) is 16.2 Å². The summed E-state index contributed by atoms with van der Waals surface area (Å²) in [4.78, 5) is 12.6. The van der Waals surface area contributed by atoms with E-state index >= 15 is 0 Å². The maximum absolute atomic E-state index is 12.6. The Morgan fingerprint density at radius 3 is 2.26 bits per heavy atom. The zero-order valence-corrected chi connectivity index (χ0v) is 26.9. The predicted molar refractivity (Wildman–Crippen MR) is 187 cm³/mol. The third-order valence-electron chi connectivity index (χ3n) is 7.65. The summed E-state index contributed by atoms with van der Waals surface area (Å²) >= 11 is 0. The minimum atomic E-state index is -0.662. The lowest BCUT2D eigenvalue weighted by molar-refractivity contribution is 0.0393. The number of carbonyl (C=O) groups is 1. The molecular weight excluding hydrogens is 594 g/mol. The molecule has 1 atom stereocenters. The van der Waals surface area contributed by atoms with Gasteiger partial charge in [0.25, 0.3) is 0 Å². The van der Waals surface area contributed by atoms with E-state index in [4.69, 9.17) is 14.6 Å². The lowest BCUT2D eigenvalue weighted by Gasteiger charge is -2.14. The quantitative estimate of drug-likeness (QED) is 0.0595. The molecule has 0 aliphatic carbocycles. The highest BCUT2D eigenvalue weighted by Crippen LogP contribution is 2.24. The number of aliphatic hydroxyl groups is 2. The number of rotatable bonds is 20. The number of aromatic hydroxyl groups is 1. The molecule has 0 aromatic heterocycles. The molecule has 0 aliphatic heterocycles. The van der Waals surface area contributed by atoms with Crippen molar-refractivity contribution in [2.75, 3.05) is 50.2 Å². The highest BCUT2D eigenvalue weighted by molar-refractivity contribution is 6.00. The van der Waals surface area contributed by atoms with Gasteiger partial charge in [-0.3, -0.25) is 0 Å². The summed E-state index contributed by atoms with van der Waals surface area (Å²) in [5.41, 5.74) is 5.86. The van der Waals surface area contributed by atoms with E-state index in [0.717, 1.165) is 54.5 Å². The van der Waals surface area contributed by atoms with Gasteiger partial charge in [-0.2, -0.15) is 0 Å². The van der Waals surface area contributed by atoms with E-state index in [1.807, 2.05) is 78.9 Å². The first kappa shape index (κ1) is 35.6. The van der Waals surface area contributed by atoms with Gasteiger partial charge in [-0.15, -0.1) is 0 Å². The minimum absolute atomic E-state index is 0.0471. The van der Waals surface area contributed by atoms with E-state index in [0.29, 0.717) is 56.3 Å². The van der Waals surface area contributed by atoms with Crippen LogP contribution >= 0.6 is 0 Å². The van der Waals surface area contributed by atoms with Crippen molar-refractivity contribution in [1.29, 1.82) is 0 Å². The summed E-state index contributed by atoms with van der Waals surface area (Å²) in [5.74, 6) is 0.139. The van der Waals surface area contributed by atoms with Crippen LogP contribution < -0.4 is 16.0 Å². The zero-order chi connectivity index (χ0) is 33.1. The van der Waals surface area contributed by atoms with Gasteiger partial charge in [0.1, 0.15) is 5.75 Å². The van der Waals surface area contributed by atoms with Crippen LogP contribution in [-0.2, 0) is 22.5 Å². The summed E-state index contributed by atoms with van der Waals surface area (Å²) in [5, 5.41) is 38.4. The predicted octanol–water partition coefficient (Wildman–Crippen LogP) is 6.65. The molecule has 0 bridgehead atoms. The molecule has 4 rings (SSSR count). The summed E-state index contributed by atoms with van der Waals surface area (Å²) in [6, 6.07) is 30.1. The van der Waals surface area contributed by atoms with Crippen LogP contribution in [0.2, 0.25) is 0 Å². The maximum Gasteiger partial charge on any atom is 0.323 e. The summed E-state index contributed by atoms with van der Waals surface area (Å²) < 4.78 is 11.5. The monoisotopic (exact) mass is 641 g/mol. The van der Waals surface area contributed by atoms with Gasteiger partial charge >= 0.3 is 6.03 Å². The number of carbonyl (C=O) groups excluding carboxylic acids is 1. The third-order valence-corrected chi connectivity index (χ3v) is 7.65. The molecule has 0 fully saturated rings. The molecule has 9 nitrogen and oxygen atoms in total. The van der Waals surface area contributed by atoms with E-state index in [-0.39, 0.29) is 18.4 Å². The van der Waals surface area contributed by atoms with E-state index < -0.39 is 6.10 Å². The number of urea groups is 1. The van der Waals surface area contributed by atoms with Crippen molar-refractivity contribution in [2.45, 2.75) is 44.8 Å². The number of unbranched alkanes of at least 4 members (excludes halogenated alkanes) is 3. The van der Waals surface area contributed by atoms with Gasteiger partial charge in [-0.1, -0.05) is 73.5 Å². The molecule has 0 radical (unpaired) electrons. The first-order chi connectivity index (χ1) is 23.0. The molecule has 0 heterocycles. The average molecular weight is 642 g/mol. The van der Waals surface area contributed by atoms with Crippen LogP contribution in [0.1, 0.15) is 48.5 Å². The van der Waals surface area contributed by atoms with Crippen LogP contribution in [0, 0.1) is 0 Å². The number of phenols is 1. The Hall–Kier alpha value is -4.25. The van der Waals surface area contributed by atoms with Crippen LogP contribution in [0.3, 0.4) is 0 Å². The summed E-state index contributed by atoms with van der Waals surface area (Å²) in [7, 11) is 0. The fourth-order valence-corrected chi connectivity index (χ4v) is 5.15. The molecule has 9 heteroatoms. The van der Waals surface area contributed by atoms with Crippen LogP contribution in [-0.4, -0.2) is 60.9 Å². The van der Waals surface area contributed by atoms with Crippen LogP contribution in [0.15, 0.2) is 97.1 Å². The minimum Gasteiger partial charge on any atom is -0.508 e. The van der Waals surface area contributed by atoms with Crippen molar-refractivity contribution in [2.24, 2.45) is 0 Å². The van der Waals surface area contributed by atoms with Crippen molar-refractivity contribution in [1.82, 2.24) is 5.32 Å². The van der Waals surface area contributed by atoms with Crippen molar-refractivity contribution < 1.29 is 29.6 Å². The highest BCUT2D eigenvalue weighted by atomic mass is 16.5. The number of nitrogens with one attached hydrogen (secondary N) is 3. The molecule has 4 aromatic rings. The number of hydrogen-bond donors (Lipinski definition) is 6. The van der Waals surface area contributed by atoms with Gasteiger partial charge in [-0.25, -0.2) is 4.79 Å². The Morgan fingerprint density at radius 2 is 1.45 bits per heavy atom. The van der Waals surface area contributed by atoms with Gasteiger partial charge < -0.3 is 40.7 Å². The second-order valence-electron chi connectivity index (χ2n) is 11.4. The zero-order valence-electron chi connectivity index (χ0n) is 26.9. The first-order valence-corrected chi connectivity index (χ1v) is 16.3. The van der Waals surface area contributed by atoms with Gasteiger partial charge in [-0.05, 0) is 90.0 Å². The average Bonchev–Trinajstić information content (AvgIpc) is 3.08. The number of benzene rings is 4. The van der Waals surface area contributed by atoms with Gasteiger partial charge in [0, 0.05) is 31.1 Å². The SMILES string of the molecule is O=C(Nc1cccc(COCCOCCCCCCNC[C@H](O)c2ccc(O)c(CCO)c2)c1)Nc1cccc(-c2ccccc2)c1. The highest BCUT2D eigenvalue weighted by Gasteiger charge is 2.10. The number of anilines is 2. The summed E-state index contributed by atoms with van der Waals surface area (Å²) in [6.07, 6.45) is 3.84. The molecule has 2 amide bonds. The summed E-state index contributed by atoms with van der Waals surface area (Å²) in [6.45, 7) is 3.34. The molecule has 0 unspecified atom stereocenters. The largest absolute Gasteiger partial charge is 0.508 e. The van der Waals surface area contributed by atoms with Crippen molar-refractivity contribution in [3.63, 3.8) is 0 Å². The van der Waals surface area contributed by atoms with Gasteiger partial charge in [0.2, 0.25) is 0 Å². The lowest BCUT2D eigenvalue weighted by atomic mass is 10.0. The second kappa shape index (κ2) is 20.1. The van der Waals surface area contributed by atoms with Crippen LogP contribution in [0.5, 0.6) is 5.75 Å². The molecule has 47 heavy (non-hydrogen) atoms. The number of ether oxygens (including phenoxy) is 2. The number of amides is 2. The van der Waals surface area contributed by atoms with E-state index in [1.165, 1.54) is 0 Å². The number of phenolic OH excluding ortho intramolecular Hbond substituents is 1. The Balaban J connectivity index is 1.01. The van der Waals surface area contributed by atoms with Crippen LogP contribution in [0.25, 0.3) is 11.1 Å². The topological polar surface area (TPSA) is 132 Å².